The molecule has 0 radical (unpaired) electrons. The van der Waals surface area contributed by atoms with E-state index in [0.29, 0.717) is 0 Å². The van der Waals surface area contributed by atoms with E-state index in [9.17, 15) is 4.79 Å². The Hall–Kier alpha value is -1.25. The van der Waals surface area contributed by atoms with Crippen LogP contribution >= 0.6 is 0 Å². The van der Waals surface area contributed by atoms with E-state index in [1.165, 1.54) is 13.2 Å². The molecule has 0 N–H and O–H groups in total. The van der Waals surface area contributed by atoms with Crippen molar-refractivity contribution in [1.29, 1.82) is 0 Å². The second kappa shape index (κ2) is 2.35. The van der Waals surface area contributed by atoms with Crippen molar-refractivity contribution in [2.45, 2.75) is 0 Å². The molecular formula is C6H7NO2. The van der Waals surface area contributed by atoms with Gasteiger partial charge >= 0.3 is 0 Å². The van der Waals surface area contributed by atoms with Gasteiger partial charge in [0.25, 0.3) is 5.56 Å². The molecule has 3 heteroatoms. The number of hydrogen-bond acceptors (Lipinski definition) is 2. The molecule has 0 fully saturated rings. The summed E-state index contributed by atoms with van der Waals surface area (Å²) in [5.74, 6) is 0. The van der Waals surface area contributed by atoms with E-state index < -0.39 is 0 Å². The highest BCUT2D eigenvalue weighted by atomic mass is 16.6. The standard InChI is InChI=1S/C6H7NO2/c1-9-7-5-3-2-4-6(7)8/h2-5H,1H3. The van der Waals surface area contributed by atoms with Crippen molar-refractivity contribution >= 4 is 0 Å². The molecule has 0 spiro atoms. The summed E-state index contributed by atoms with van der Waals surface area (Å²) in [5.41, 5.74) is -0.153. The van der Waals surface area contributed by atoms with Gasteiger partial charge in [-0.2, -0.15) is 4.73 Å². The van der Waals surface area contributed by atoms with Crippen LogP contribution in [0.3, 0.4) is 0 Å². The van der Waals surface area contributed by atoms with Gasteiger partial charge in [0.05, 0.1) is 0 Å². The molecule has 0 bridgehead atoms. The Labute approximate surface area is 52.5 Å². The second-order valence-electron chi connectivity index (χ2n) is 1.55. The van der Waals surface area contributed by atoms with Gasteiger partial charge in [0, 0.05) is 12.3 Å². The number of hydrogen-bond donors (Lipinski definition) is 0. The summed E-state index contributed by atoms with van der Waals surface area (Å²) >= 11 is 0. The Balaban J connectivity index is 3.16. The van der Waals surface area contributed by atoms with Gasteiger partial charge < -0.3 is 4.84 Å². The molecule has 0 aliphatic heterocycles. The molecule has 0 amide bonds. The fourth-order valence-corrected chi connectivity index (χ4v) is 0.563. The Bertz CT molecular complexity index is 241. The number of aromatic nitrogens is 1. The third kappa shape index (κ3) is 1.10. The molecule has 1 aromatic rings. The molecule has 1 aromatic heterocycles. The molecule has 9 heavy (non-hydrogen) atoms. The number of rotatable bonds is 1. The van der Waals surface area contributed by atoms with Gasteiger partial charge in [-0.3, -0.25) is 4.79 Å². The fourth-order valence-electron chi connectivity index (χ4n) is 0.563. The van der Waals surface area contributed by atoms with Crippen LogP contribution in [-0.2, 0) is 0 Å². The zero-order valence-electron chi connectivity index (χ0n) is 5.07. The first-order valence-electron chi connectivity index (χ1n) is 2.57. The van der Waals surface area contributed by atoms with Crippen LogP contribution in [0.5, 0.6) is 0 Å². The zero-order chi connectivity index (χ0) is 6.69. The van der Waals surface area contributed by atoms with Crippen molar-refractivity contribution < 1.29 is 4.84 Å². The lowest BCUT2D eigenvalue weighted by atomic mass is 10.5. The third-order valence-electron chi connectivity index (χ3n) is 0.985. The molecule has 0 saturated heterocycles. The first kappa shape index (κ1) is 5.88. The van der Waals surface area contributed by atoms with Crippen LogP contribution in [0.4, 0.5) is 0 Å². The largest absolute Gasteiger partial charge is 0.414 e. The summed E-state index contributed by atoms with van der Waals surface area (Å²) in [6, 6.07) is 4.83. The molecule has 0 aliphatic rings. The van der Waals surface area contributed by atoms with Crippen molar-refractivity contribution in [3.63, 3.8) is 0 Å². The van der Waals surface area contributed by atoms with Gasteiger partial charge in [0.1, 0.15) is 7.11 Å². The van der Waals surface area contributed by atoms with Gasteiger partial charge in [-0.05, 0) is 6.07 Å². The molecule has 0 unspecified atom stereocenters. The van der Waals surface area contributed by atoms with Crippen LogP contribution in [-0.4, -0.2) is 11.8 Å². The predicted molar refractivity (Wildman–Crippen MR) is 33.2 cm³/mol. The van der Waals surface area contributed by atoms with Gasteiger partial charge in [0.15, 0.2) is 0 Å². The van der Waals surface area contributed by atoms with Gasteiger partial charge in [-0.25, -0.2) is 0 Å². The van der Waals surface area contributed by atoms with Crippen molar-refractivity contribution in [2.24, 2.45) is 0 Å². The Kier molecular flexibility index (Phi) is 1.53. The van der Waals surface area contributed by atoms with Gasteiger partial charge in [-0.15, -0.1) is 0 Å². The van der Waals surface area contributed by atoms with Crippen molar-refractivity contribution in [3.8, 4) is 0 Å². The lowest BCUT2D eigenvalue weighted by Gasteiger charge is -1.98. The molecule has 0 atom stereocenters. The highest BCUT2D eigenvalue weighted by Crippen LogP contribution is 1.74. The summed E-state index contributed by atoms with van der Waals surface area (Å²) in [5, 5.41) is 0. The Morgan fingerprint density at radius 1 is 1.56 bits per heavy atom. The van der Waals surface area contributed by atoms with Gasteiger partial charge in [0.2, 0.25) is 0 Å². The predicted octanol–water partition coefficient (Wildman–Crippen LogP) is -0.0933. The molecule has 3 nitrogen and oxygen atoms in total. The Morgan fingerprint density at radius 3 is 2.78 bits per heavy atom. The minimum Gasteiger partial charge on any atom is -0.414 e. The smallest absolute Gasteiger partial charge is 0.282 e. The SMILES string of the molecule is COn1ccccc1=O. The maximum atomic E-state index is 10.7. The van der Waals surface area contributed by atoms with Crippen molar-refractivity contribution in [1.82, 2.24) is 4.73 Å². The average Bonchev–Trinajstić information content (AvgIpc) is 1.89. The highest BCUT2D eigenvalue weighted by Gasteiger charge is 1.85. The van der Waals surface area contributed by atoms with Crippen molar-refractivity contribution in [3.05, 3.63) is 34.7 Å². The first-order chi connectivity index (χ1) is 4.34. The molecular weight excluding hydrogens is 118 g/mol. The van der Waals surface area contributed by atoms with E-state index in [1.54, 1.807) is 18.3 Å². The average molecular weight is 125 g/mol. The monoisotopic (exact) mass is 125 g/mol. The molecule has 48 valence electrons. The van der Waals surface area contributed by atoms with E-state index in [0.717, 1.165) is 4.73 Å². The third-order valence-corrected chi connectivity index (χ3v) is 0.985. The van der Waals surface area contributed by atoms with E-state index in [1.807, 2.05) is 0 Å². The summed E-state index contributed by atoms with van der Waals surface area (Å²) in [6.45, 7) is 0. The minimum absolute atomic E-state index is 0.153. The van der Waals surface area contributed by atoms with E-state index >= 15 is 0 Å². The van der Waals surface area contributed by atoms with Crippen LogP contribution in [0.1, 0.15) is 0 Å². The van der Waals surface area contributed by atoms with Crippen molar-refractivity contribution in [2.75, 3.05) is 7.11 Å². The molecule has 1 rings (SSSR count). The molecule has 1 heterocycles. The second-order valence-corrected chi connectivity index (χ2v) is 1.55. The van der Waals surface area contributed by atoms with Crippen LogP contribution < -0.4 is 10.4 Å². The quantitative estimate of drug-likeness (QED) is 0.525. The first-order valence-corrected chi connectivity index (χ1v) is 2.57. The highest BCUT2D eigenvalue weighted by molar-refractivity contribution is 4.91. The Morgan fingerprint density at radius 2 is 2.33 bits per heavy atom. The van der Waals surface area contributed by atoms with Crippen LogP contribution in [0, 0.1) is 0 Å². The maximum absolute atomic E-state index is 10.7. The summed E-state index contributed by atoms with van der Waals surface area (Å²) in [4.78, 5) is 15.3. The summed E-state index contributed by atoms with van der Waals surface area (Å²) in [6.07, 6.45) is 1.56. The molecule has 0 aliphatic carbocycles. The number of nitrogens with zero attached hydrogens (tertiary/aromatic N) is 1. The normalized spacial score (nSPS) is 9.00. The van der Waals surface area contributed by atoms with Crippen LogP contribution in [0.2, 0.25) is 0 Å². The molecule has 0 saturated carbocycles. The van der Waals surface area contributed by atoms with E-state index in [-0.39, 0.29) is 5.56 Å². The lowest BCUT2D eigenvalue weighted by molar-refractivity contribution is 0.157. The zero-order valence-corrected chi connectivity index (χ0v) is 5.07. The fraction of sp³-hybridized carbons (Fsp3) is 0.167. The van der Waals surface area contributed by atoms with E-state index in [2.05, 4.69) is 4.84 Å². The topological polar surface area (TPSA) is 31.2 Å². The van der Waals surface area contributed by atoms with Crippen LogP contribution in [0.25, 0.3) is 0 Å². The number of pyridine rings is 1. The van der Waals surface area contributed by atoms with Gasteiger partial charge in [-0.1, -0.05) is 6.07 Å². The molecule has 0 aromatic carbocycles. The minimum atomic E-state index is -0.153. The maximum Gasteiger partial charge on any atom is 0.282 e. The summed E-state index contributed by atoms with van der Waals surface area (Å²) < 4.78 is 1.15. The van der Waals surface area contributed by atoms with Crippen LogP contribution in [0.15, 0.2) is 29.2 Å². The lowest BCUT2D eigenvalue weighted by Crippen LogP contribution is -2.22. The van der Waals surface area contributed by atoms with E-state index in [4.69, 9.17) is 0 Å². The summed E-state index contributed by atoms with van der Waals surface area (Å²) in [7, 11) is 1.45.